The summed E-state index contributed by atoms with van der Waals surface area (Å²) in [5.74, 6) is 4.03. The van der Waals surface area contributed by atoms with Crippen LogP contribution in [0.5, 0.6) is 0 Å². The van der Waals surface area contributed by atoms with Crippen LogP contribution in [0.1, 0.15) is 45.4 Å². The lowest BCUT2D eigenvalue weighted by atomic mass is 9.62. The Balaban J connectivity index is 1.97. The molecule has 0 heterocycles. The van der Waals surface area contributed by atoms with Crippen molar-refractivity contribution < 1.29 is 0 Å². The molecule has 0 N–H and O–H groups in total. The molecule has 4 bridgehead atoms. The lowest BCUT2D eigenvalue weighted by Gasteiger charge is -2.49. The number of rotatable bonds is 0. The fraction of sp³-hybridized carbons (Fsp3) is 1.00. The number of thiol groups is 1. The van der Waals surface area contributed by atoms with Crippen molar-refractivity contribution in [1.82, 2.24) is 0 Å². The Kier molecular flexibility index (Phi) is 1.78. The molecule has 4 rings (SSSR count). The highest BCUT2D eigenvalue weighted by atomic mass is 32.1. The molecule has 4 aliphatic carbocycles. The molecule has 0 aromatic rings. The van der Waals surface area contributed by atoms with Crippen LogP contribution in [0.25, 0.3) is 0 Å². The molecule has 0 saturated heterocycles. The van der Waals surface area contributed by atoms with E-state index in [1.54, 1.807) is 6.42 Å². The zero-order chi connectivity index (χ0) is 9.05. The van der Waals surface area contributed by atoms with Crippen LogP contribution in [-0.2, 0) is 0 Å². The molecule has 0 radical (unpaired) electrons. The third-order valence-corrected chi connectivity index (χ3v) is 5.83. The van der Waals surface area contributed by atoms with E-state index in [-0.39, 0.29) is 0 Å². The summed E-state index contributed by atoms with van der Waals surface area (Å²) in [6.45, 7) is 2.41. The maximum absolute atomic E-state index is 4.97. The second-order valence-electron chi connectivity index (χ2n) is 5.87. The van der Waals surface area contributed by atoms with Gasteiger partial charge in [0.15, 0.2) is 0 Å². The van der Waals surface area contributed by atoms with Gasteiger partial charge >= 0.3 is 0 Å². The van der Waals surface area contributed by atoms with Crippen LogP contribution in [0.2, 0.25) is 0 Å². The van der Waals surface area contributed by atoms with Gasteiger partial charge in [0, 0.05) is 4.75 Å². The number of hydrogen-bond donors (Lipinski definition) is 1. The maximum atomic E-state index is 4.97. The lowest BCUT2D eigenvalue weighted by molar-refractivity contribution is 0.0994. The summed E-state index contributed by atoms with van der Waals surface area (Å²) in [5.41, 5.74) is 0. The third-order valence-electron chi connectivity index (χ3n) is 5.10. The van der Waals surface area contributed by atoms with Gasteiger partial charge < -0.3 is 0 Å². The topological polar surface area (TPSA) is 0 Å². The van der Waals surface area contributed by atoms with Crippen LogP contribution in [0.15, 0.2) is 0 Å². The first kappa shape index (κ1) is 8.64. The van der Waals surface area contributed by atoms with E-state index in [0.717, 1.165) is 23.7 Å². The van der Waals surface area contributed by atoms with Gasteiger partial charge in [-0.3, -0.25) is 0 Å². The summed E-state index contributed by atoms with van der Waals surface area (Å²) < 4.78 is 0.381. The molecule has 4 aliphatic rings. The fourth-order valence-corrected chi connectivity index (χ4v) is 4.74. The van der Waals surface area contributed by atoms with E-state index in [2.05, 4.69) is 6.92 Å². The molecule has 4 fully saturated rings. The molecule has 0 aromatic carbocycles. The van der Waals surface area contributed by atoms with Gasteiger partial charge in [-0.25, -0.2) is 0 Å². The van der Waals surface area contributed by atoms with Gasteiger partial charge in [-0.1, -0.05) is 13.3 Å². The average Bonchev–Trinajstić information content (AvgIpc) is 2.26. The molecular weight excluding hydrogens is 176 g/mol. The van der Waals surface area contributed by atoms with Gasteiger partial charge in [0.2, 0.25) is 0 Å². The molecule has 0 aliphatic heterocycles. The minimum atomic E-state index is 0.381. The minimum Gasteiger partial charge on any atom is -0.172 e. The van der Waals surface area contributed by atoms with Gasteiger partial charge in [-0.05, 0) is 55.8 Å². The smallest absolute Gasteiger partial charge is 0.0158 e. The maximum Gasteiger partial charge on any atom is 0.0158 e. The van der Waals surface area contributed by atoms with Gasteiger partial charge in [0.25, 0.3) is 0 Å². The Morgan fingerprint density at radius 1 is 0.923 bits per heavy atom. The van der Waals surface area contributed by atoms with Crippen LogP contribution < -0.4 is 0 Å². The van der Waals surface area contributed by atoms with Crippen molar-refractivity contribution in [2.75, 3.05) is 0 Å². The Morgan fingerprint density at radius 2 is 1.62 bits per heavy atom. The summed E-state index contributed by atoms with van der Waals surface area (Å²) in [5, 5.41) is 0. The summed E-state index contributed by atoms with van der Waals surface area (Å²) >= 11 is 4.97. The highest BCUT2D eigenvalue weighted by molar-refractivity contribution is 7.81. The minimum absolute atomic E-state index is 0.381. The molecule has 0 amide bonds. The SMILES string of the molecule is CC1(S)C2CCC3CC(C2)CC1C3. The number of hydrogen-bond acceptors (Lipinski definition) is 1. The predicted octanol–water partition coefficient (Wildman–Crippen LogP) is 3.52. The van der Waals surface area contributed by atoms with Crippen molar-refractivity contribution in [1.29, 1.82) is 0 Å². The molecular formula is C12H20S. The zero-order valence-electron chi connectivity index (χ0n) is 8.50. The van der Waals surface area contributed by atoms with Crippen molar-refractivity contribution >= 4 is 12.6 Å². The number of fused-ring (bicyclic) bond motifs is 1. The van der Waals surface area contributed by atoms with E-state index in [1.165, 1.54) is 32.1 Å². The molecule has 4 saturated carbocycles. The van der Waals surface area contributed by atoms with Crippen molar-refractivity contribution in [2.24, 2.45) is 23.7 Å². The summed E-state index contributed by atoms with van der Waals surface area (Å²) in [4.78, 5) is 0. The highest BCUT2D eigenvalue weighted by Crippen LogP contribution is 2.57. The van der Waals surface area contributed by atoms with Crippen LogP contribution in [0.3, 0.4) is 0 Å². The highest BCUT2D eigenvalue weighted by Gasteiger charge is 2.50. The summed E-state index contributed by atoms with van der Waals surface area (Å²) in [6.07, 6.45) is 9.01. The van der Waals surface area contributed by atoms with E-state index in [1.807, 2.05) is 0 Å². The first-order valence-electron chi connectivity index (χ1n) is 5.88. The standard InChI is InChI=1S/C12H20S/c1-12(13)10-3-2-8-4-9(6-10)7-11(12)5-8/h8-11,13H,2-7H2,1H3. The Morgan fingerprint density at radius 3 is 2.46 bits per heavy atom. The second-order valence-corrected chi connectivity index (χ2v) is 6.84. The van der Waals surface area contributed by atoms with Crippen molar-refractivity contribution in [3.05, 3.63) is 0 Å². The second kappa shape index (κ2) is 2.68. The van der Waals surface area contributed by atoms with Gasteiger partial charge in [-0.15, -0.1) is 0 Å². The molecule has 0 nitrogen and oxygen atoms in total. The van der Waals surface area contributed by atoms with Gasteiger partial charge in [-0.2, -0.15) is 12.6 Å². The lowest BCUT2D eigenvalue weighted by Crippen LogP contribution is -2.44. The molecule has 13 heavy (non-hydrogen) atoms. The Hall–Kier alpha value is 0.350. The Labute approximate surface area is 86.9 Å². The molecule has 5 atom stereocenters. The van der Waals surface area contributed by atoms with Crippen molar-refractivity contribution in [3.63, 3.8) is 0 Å². The van der Waals surface area contributed by atoms with E-state index in [4.69, 9.17) is 12.6 Å². The van der Waals surface area contributed by atoms with Crippen LogP contribution in [0.4, 0.5) is 0 Å². The van der Waals surface area contributed by atoms with Crippen LogP contribution >= 0.6 is 12.6 Å². The van der Waals surface area contributed by atoms with Gasteiger partial charge in [0.05, 0.1) is 0 Å². The van der Waals surface area contributed by atoms with Crippen LogP contribution in [0, 0.1) is 23.7 Å². The van der Waals surface area contributed by atoms with E-state index in [0.29, 0.717) is 4.75 Å². The molecule has 0 aromatic heterocycles. The predicted molar refractivity (Wildman–Crippen MR) is 59.1 cm³/mol. The van der Waals surface area contributed by atoms with Crippen molar-refractivity contribution in [2.45, 2.75) is 50.2 Å². The van der Waals surface area contributed by atoms with Crippen LogP contribution in [-0.4, -0.2) is 4.75 Å². The molecule has 5 unspecified atom stereocenters. The molecule has 1 heteroatoms. The summed E-state index contributed by atoms with van der Waals surface area (Å²) in [6, 6.07) is 0. The fourth-order valence-electron chi connectivity index (χ4n) is 4.29. The van der Waals surface area contributed by atoms with Crippen molar-refractivity contribution in [3.8, 4) is 0 Å². The van der Waals surface area contributed by atoms with E-state index < -0.39 is 0 Å². The average molecular weight is 196 g/mol. The Bertz CT molecular complexity index is 211. The molecule has 74 valence electrons. The largest absolute Gasteiger partial charge is 0.172 e. The quantitative estimate of drug-likeness (QED) is 0.563. The van der Waals surface area contributed by atoms with Gasteiger partial charge in [0.1, 0.15) is 0 Å². The normalized spacial score (nSPS) is 59.5. The zero-order valence-corrected chi connectivity index (χ0v) is 9.39. The van der Waals surface area contributed by atoms with E-state index in [9.17, 15) is 0 Å². The third kappa shape index (κ3) is 1.19. The first-order valence-corrected chi connectivity index (χ1v) is 6.33. The summed E-state index contributed by atoms with van der Waals surface area (Å²) in [7, 11) is 0. The monoisotopic (exact) mass is 196 g/mol. The van der Waals surface area contributed by atoms with E-state index >= 15 is 0 Å². The molecule has 0 spiro atoms. The first-order chi connectivity index (χ1) is 6.16.